The summed E-state index contributed by atoms with van der Waals surface area (Å²) >= 11 is 6.86. The molecule has 2 aromatic rings. The lowest BCUT2D eigenvalue weighted by molar-refractivity contribution is 0.0787. The molecule has 0 bridgehead atoms. The predicted octanol–water partition coefficient (Wildman–Crippen LogP) is 5.15. The summed E-state index contributed by atoms with van der Waals surface area (Å²) in [6.07, 6.45) is 0.325. The maximum Gasteiger partial charge on any atom is 0.202 e. The van der Waals surface area contributed by atoms with Crippen LogP contribution >= 0.6 is 31.9 Å². The zero-order valence-electron chi connectivity index (χ0n) is 14.2. The summed E-state index contributed by atoms with van der Waals surface area (Å²) in [6.45, 7) is 7.96. The van der Waals surface area contributed by atoms with Crippen molar-refractivity contribution in [3.63, 3.8) is 0 Å². The number of ketones is 1. The van der Waals surface area contributed by atoms with Crippen molar-refractivity contribution < 1.29 is 9.53 Å². The monoisotopic (exact) mass is 472 g/mol. The molecule has 2 rings (SSSR count). The molecule has 0 radical (unpaired) electrons. The molecule has 4 nitrogen and oxygen atoms in total. The quantitative estimate of drug-likeness (QED) is 0.302. The third-order valence-corrected chi connectivity index (χ3v) is 7.13. The molecular formula is C17H22Br2N2O2Si. The lowest BCUT2D eigenvalue weighted by Crippen LogP contribution is -2.22. The SMILES string of the molecule is C[Si](C)(C)CCOCn1c(C(=O)Cc2ccccc2)nc(Br)c1Br. The molecule has 0 aliphatic rings. The first kappa shape index (κ1) is 19.6. The number of halogens is 2. The highest BCUT2D eigenvalue weighted by Crippen LogP contribution is 2.25. The summed E-state index contributed by atoms with van der Waals surface area (Å²) in [5.74, 6) is 0.381. The molecular weight excluding hydrogens is 452 g/mol. The summed E-state index contributed by atoms with van der Waals surface area (Å²) in [5.41, 5.74) is 0.976. The Morgan fingerprint density at radius 3 is 2.50 bits per heavy atom. The van der Waals surface area contributed by atoms with Crippen LogP contribution in [0.2, 0.25) is 25.7 Å². The molecule has 0 N–H and O–H groups in total. The Labute approximate surface area is 160 Å². The smallest absolute Gasteiger partial charge is 0.202 e. The largest absolute Gasteiger partial charge is 0.361 e. The fraction of sp³-hybridized carbons (Fsp3) is 0.412. The van der Waals surface area contributed by atoms with Crippen LogP contribution in [-0.2, 0) is 17.9 Å². The van der Waals surface area contributed by atoms with Gasteiger partial charge in [0.25, 0.3) is 0 Å². The molecule has 24 heavy (non-hydrogen) atoms. The Kier molecular flexibility index (Phi) is 6.97. The number of imidazole rings is 1. The number of rotatable bonds is 8. The average molecular weight is 474 g/mol. The number of ether oxygens (including phenoxy) is 1. The van der Waals surface area contributed by atoms with E-state index < -0.39 is 8.07 Å². The minimum absolute atomic E-state index is 0.0265. The molecule has 0 unspecified atom stereocenters. The molecule has 0 atom stereocenters. The van der Waals surface area contributed by atoms with Gasteiger partial charge in [-0.15, -0.1) is 0 Å². The van der Waals surface area contributed by atoms with Crippen LogP contribution in [0.1, 0.15) is 16.2 Å². The summed E-state index contributed by atoms with van der Waals surface area (Å²) in [7, 11) is -1.13. The second-order valence-electron chi connectivity index (χ2n) is 6.88. The molecule has 0 saturated heterocycles. The van der Waals surface area contributed by atoms with E-state index in [1.54, 1.807) is 4.57 Å². The maximum atomic E-state index is 12.6. The zero-order valence-corrected chi connectivity index (χ0v) is 18.4. The van der Waals surface area contributed by atoms with Gasteiger partial charge in [-0.05, 0) is 43.5 Å². The highest BCUT2D eigenvalue weighted by molar-refractivity contribution is 9.13. The van der Waals surface area contributed by atoms with E-state index in [9.17, 15) is 4.79 Å². The molecule has 1 aromatic carbocycles. The standard InChI is InChI=1S/C17H22Br2N2O2Si/c1-24(2,3)10-9-23-12-21-16(19)15(18)20-17(21)14(22)11-13-7-5-4-6-8-13/h4-8H,9-12H2,1-3H3. The van der Waals surface area contributed by atoms with Crippen LogP contribution in [0.15, 0.2) is 39.5 Å². The Hall–Kier alpha value is -0.763. The van der Waals surface area contributed by atoms with Crippen LogP contribution in [0.4, 0.5) is 0 Å². The molecule has 0 aliphatic carbocycles. The Morgan fingerprint density at radius 1 is 1.21 bits per heavy atom. The van der Waals surface area contributed by atoms with Gasteiger partial charge in [-0.2, -0.15) is 0 Å². The van der Waals surface area contributed by atoms with E-state index in [2.05, 4.69) is 56.5 Å². The van der Waals surface area contributed by atoms with Crippen LogP contribution in [0, 0.1) is 0 Å². The van der Waals surface area contributed by atoms with Gasteiger partial charge in [0.1, 0.15) is 15.9 Å². The van der Waals surface area contributed by atoms with Crippen LogP contribution in [0.25, 0.3) is 0 Å². The molecule has 0 spiro atoms. The minimum atomic E-state index is -1.13. The average Bonchev–Trinajstić information content (AvgIpc) is 2.80. The zero-order chi connectivity index (χ0) is 17.7. The first-order valence-corrected chi connectivity index (χ1v) is 13.1. The number of hydrogen-bond donors (Lipinski definition) is 0. The number of carbonyl (C=O) groups excluding carboxylic acids is 1. The first-order valence-electron chi connectivity index (χ1n) is 7.84. The molecule has 1 aromatic heterocycles. The summed E-state index contributed by atoms with van der Waals surface area (Å²) < 4.78 is 8.91. The van der Waals surface area contributed by atoms with Crippen molar-refractivity contribution in [2.45, 2.75) is 38.8 Å². The molecule has 0 aliphatic heterocycles. The van der Waals surface area contributed by atoms with Gasteiger partial charge in [-0.25, -0.2) is 4.98 Å². The maximum absolute atomic E-state index is 12.6. The van der Waals surface area contributed by atoms with Crippen molar-refractivity contribution in [1.29, 1.82) is 0 Å². The van der Waals surface area contributed by atoms with Crippen molar-refractivity contribution in [1.82, 2.24) is 9.55 Å². The van der Waals surface area contributed by atoms with Gasteiger partial charge in [0.05, 0.1) is 0 Å². The fourth-order valence-corrected chi connectivity index (χ4v) is 3.63. The molecule has 1 heterocycles. The van der Waals surface area contributed by atoms with E-state index in [1.807, 2.05) is 30.3 Å². The number of aromatic nitrogens is 2. The summed E-state index contributed by atoms with van der Waals surface area (Å²) in [6, 6.07) is 10.8. The Bertz CT molecular complexity index is 697. The van der Waals surface area contributed by atoms with Crippen LogP contribution in [-0.4, -0.2) is 30.0 Å². The van der Waals surface area contributed by atoms with Crippen LogP contribution < -0.4 is 0 Å². The van der Waals surface area contributed by atoms with Crippen LogP contribution in [0.5, 0.6) is 0 Å². The van der Waals surface area contributed by atoms with Crippen molar-refractivity contribution in [3.8, 4) is 0 Å². The predicted molar refractivity (Wildman–Crippen MR) is 106 cm³/mol. The number of nitrogens with zero attached hydrogens (tertiary/aromatic N) is 2. The second-order valence-corrected chi connectivity index (χ2v) is 14.0. The van der Waals surface area contributed by atoms with Gasteiger partial charge in [-0.1, -0.05) is 50.0 Å². The molecule has 0 amide bonds. The third-order valence-electron chi connectivity index (χ3n) is 3.54. The van der Waals surface area contributed by atoms with Gasteiger partial charge in [0, 0.05) is 21.1 Å². The van der Waals surface area contributed by atoms with E-state index in [0.29, 0.717) is 30.2 Å². The topological polar surface area (TPSA) is 44.1 Å². The highest BCUT2D eigenvalue weighted by Gasteiger charge is 2.20. The molecule has 7 heteroatoms. The van der Waals surface area contributed by atoms with Crippen molar-refractivity contribution in [2.24, 2.45) is 0 Å². The number of Topliss-reactive ketones (excluding diaryl/α,β-unsaturated/α-hetero) is 1. The lowest BCUT2D eigenvalue weighted by atomic mass is 10.1. The van der Waals surface area contributed by atoms with Crippen molar-refractivity contribution in [2.75, 3.05) is 6.61 Å². The molecule has 0 fully saturated rings. The summed E-state index contributed by atoms with van der Waals surface area (Å²) in [5, 5.41) is 0. The van der Waals surface area contributed by atoms with Gasteiger partial charge in [-0.3, -0.25) is 9.36 Å². The van der Waals surface area contributed by atoms with Gasteiger partial charge >= 0.3 is 0 Å². The third kappa shape index (κ3) is 5.65. The highest BCUT2D eigenvalue weighted by atomic mass is 79.9. The van der Waals surface area contributed by atoms with E-state index in [-0.39, 0.29) is 5.78 Å². The second kappa shape index (κ2) is 8.56. The van der Waals surface area contributed by atoms with E-state index >= 15 is 0 Å². The van der Waals surface area contributed by atoms with Crippen molar-refractivity contribution >= 4 is 45.7 Å². The molecule has 0 saturated carbocycles. The van der Waals surface area contributed by atoms with Gasteiger partial charge < -0.3 is 4.74 Å². The number of hydrogen-bond acceptors (Lipinski definition) is 3. The number of benzene rings is 1. The van der Waals surface area contributed by atoms with Crippen LogP contribution in [0.3, 0.4) is 0 Å². The van der Waals surface area contributed by atoms with E-state index in [4.69, 9.17) is 4.74 Å². The Morgan fingerprint density at radius 2 is 1.88 bits per heavy atom. The van der Waals surface area contributed by atoms with Gasteiger partial charge in [0.2, 0.25) is 5.78 Å². The lowest BCUT2D eigenvalue weighted by Gasteiger charge is -2.16. The van der Waals surface area contributed by atoms with Crippen molar-refractivity contribution in [3.05, 3.63) is 50.9 Å². The van der Waals surface area contributed by atoms with Gasteiger partial charge in [0.15, 0.2) is 5.82 Å². The summed E-state index contributed by atoms with van der Waals surface area (Å²) in [4.78, 5) is 17.0. The number of carbonyl (C=O) groups is 1. The fourth-order valence-electron chi connectivity index (χ4n) is 2.13. The molecule has 130 valence electrons. The normalized spacial score (nSPS) is 11.7. The Balaban J connectivity index is 2.07. The minimum Gasteiger partial charge on any atom is -0.361 e. The van der Waals surface area contributed by atoms with E-state index in [1.165, 1.54) is 0 Å². The first-order chi connectivity index (χ1) is 11.3. The van der Waals surface area contributed by atoms with E-state index in [0.717, 1.165) is 16.2 Å².